The van der Waals surface area contributed by atoms with Gasteiger partial charge in [-0.3, -0.25) is 4.79 Å². The Morgan fingerprint density at radius 1 is 1.14 bits per heavy atom. The molecule has 6 heteroatoms. The summed E-state index contributed by atoms with van der Waals surface area (Å²) in [7, 11) is 4.66. The summed E-state index contributed by atoms with van der Waals surface area (Å²) < 4.78 is 21.2. The Morgan fingerprint density at radius 3 is 2.32 bits per heavy atom. The number of hydrogen-bond donors (Lipinski definition) is 1. The third-order valence-corrected chi connectivity index (χ3v) is 3.70. The second-order valence-electron chi connectivity index (χ2n) is 5.14. The van der Waals surface area contributed by atoms with Crippen LogP contribution in [-0.2, 0) is 16.1 Å². The number of carbonyl (C=O) groups is 1. The first-order valence-electron chi connectivity index (χ1n) is 7.38. The predicted octanol–water partition coefficient (Wildman–Crippen LogP) is 1.90. The molecule has 1 N–H and O–H groups in total. The van der Waals surface area contributed by atoms with E-state index in [4.69, 9.17) is 18.9 Å². The van der Waals surface area contributed by atoms with Gasteiger partial charge >= 0.3 is 5.97 Å². The minimum absolute atomic E-state index is 0.174. The topological polar surface area (TPSA) is 66.0 Å². The lowest BCUT2D eigenvalue weighted by atomic mass is 10.1. The summed E-state index contributed by atoms with van der Waals surface area (Å²) in [5.41, 5.74) is 0.790. The average molecular weight is 309 g/mol. The monoisotopic (exact) mass is 309 g/mol. The van der Waals surface area contributed by atoms with Crippen LogP contribution in [-0.4, -0.2) is 39.9 Å². The highest BCUT2D eigenvalue weighted by atomic mass is 16.5. The molecule has 1 unspecified atom stereocenters. The molecule has 1 fully saturated rings. The van der Waals surface area contributed by atoms with Gasteiger partial charge in [-0.1, -0.05) is 6.42 Å². The van der Waals surface area contributed by atoms with E-state index in [1.807, 2.05) is 0 Å². The van der Waals surface area contributed by atoms with E-state index in [2.05, 4.69) is 5.32 Å². The molecule has 1 aliphatic rings. The Morgan fingerprint density at radius 2 is 1.82 bits per heavy atom. The summed E-state index contributed by atoms with van der Waals surface area (Å²) in [5, 5.41) is 3.17. The summed E-state index contributed by atoms with van der Waals surface area (Å²) >= 11 is 0. The number of rotatable bonds is 6. The lowest BCUT2D eigenvalue weighted by Gasteiger charge is -2.22. The highest BCUT2D eigenvalue weighted by molar-refractivity contribution is 5.75. The van der Waals surface area contributed by atoms with Crippen LogP contribution in [0.2, 0.25) is 0 Å². The van der Waals surface area contributed by atoms with Gasteiger partial charge in [-0.05, 0) is 37.1 Å². The third kappa shape index (κ3) is 3.82. The molecule has 0 amide bonds. The largest absolute Gasteiger partial charge is 0.493 e. The molecule has 2 rings (SSSR count). The fourth-order valence-corrected chi connectivity index (χ4v) is 2.53. The molecule has 0 saturated carbocycles. The Labute approximate surface area is 130 Å². The molecule has 1 saturated heterocycles. The molecular formula is C16H23NO5. The molecule has 0 aromatic heterocycles. The number of hydrogen-bond acceptors (Lipinski definition) is 6. The molecule has 0 radical (unpaired) electrons. The Balaban J connectivity index is 2.04. The van der Waals surface area contributed by atoms with Gasteiger partial charge in [0.15, 0.2) is 11.5 Å². The zero-order valence-corrected chi connectivity index (χ0v) is 13.3. The van der Waals surface area contributed by atoms with Gasteiger partial charge in [0.05, 0.1) is 21.3 Å². The summed E-state index contributed by atoms with van der Waals surface area (Å²) in [5.74, 6) is 1.40. The fourth-order valence-electron chi connectivity index (χ4n) is 2.53. The van der Waals surface area contributed by atoms with Crippen molar-refractivity contribution in [2.24, 2.45) is 0 Å². The van der Waals surface area contributed by atoms with Crippen molar-refractivity contribution in [2.45, 2.75) is 31.9 Å². The van der Waals surface area contributed by atoms with Gasteiger partial charge in [0.1, 0.15) is 12.6 Å². The molecular weight excluding hydrogens is 286 g/mol. The number of ether oxygens (including phenoxy) is 4. The van der Waals surface area contributed by atoms with Gasteiger partial charge in [-0.25, -0.2) is 0 Å². The summed E-state index contributed by atoms with van der Waals surface area (Å²) in [6.07, 6.45) is 2.99. The first-order chi connectivity index (χ1) is 10.7. The first kappa shape index (κ1) is 16.4. The SMILES string of the molecule is COc1cc(COC(=O)C2CCCCN2)cc(OC)c1OC. The van der Waals surface area contributed by atoms with Crippen molar-refractivity contribution in [3.05, 3.63) is 17.7 Å². The average Bonchev–Trinajstić information content (AvgIpc) is 2.59. The number of esters is 1. The van der Waals surface area contributed by atoms with Crippen LogP contribution in [0.15, 0.2) is 12.1 Å². The fraction of sp³-hybridized carbons (Fsp3) is 0.562. The zero-order valence-electron chi connectivity index (χ0n) is 13.3. The van der Waals surface area contributed by atoms with Crippen LogP contribution in [0.5, 0.6) is 17.2 Å². The molecule has 0 spiro atoms. The number of nitrogens with one attached hydrogen (secondary N) is 1. The van der Waals surface area contributed by atoms with Gasteiger partial charge in [0, 0.05) is 0 Å². The van der Waals surface area contributed by atoms with E-state index in [1.54, 1.807) is 33.5 Å². The molecule has 122 valence electrons. The van der Waals surface area contributed by atoms with Gasteiger partial charge in [-0.15, -0.1) is 0 Å². The van der Waals surface area contributed by atoms with Crippen molar-refractivity contribution < 1.29 is 23.7 Å². The van der Waals surface area contributed by atoms with Gasteiger partial charge in [0.25, 0.3) is 0 Å². The highest BCUT2D eigenvalue weighted by Crippen LogP contribution is 2.38. The van der Waals surface area contributed by atoms with Gasteiger partial charge in [-0.2, -0.15) is 0 Å². The maximum Gasteiger partial charge on any atom is 0.323 e. The minimum Gasteiger partial charge on any atom is -0.493 e. The van der Waals surface area contributed by atoms with Crippen molar-refractivity contribution in [3.8, 4) is 17.2 Å². The molecule has 22 heavy (non-hydrogen) atoms. The molecule has 6 nitrogen and oxygen atoms in total. The number of carbonyl (C=O) groups excluding carboxylic acids is 1. The van der Waals surface area contributed by atoms with Crippen LogP contribution in [0.4, 0.5) is 0 Å². The Bertz CT molecular complexity index is 486. The lowest BCUT2D eigenvalue weighted by molar-refractivity contribution is -0.148. The van der Waals surface area contributed by atoms with Crippen molar-refractivity contribution in [2.75, 3.05) is 27.9 Å². The molecule has 1 atom stereocenters. The number of benzene rings is 1. The minimum atomic E-state index is -0.214. The quantitative estimate of drug-likeness (QED) is 0.810. The van der Waals surface area contributed by atoms with Crippen LogP contribution in [0.3, 0.4) is 0 Å². The van der Waals surface area contributed by atoms with E-state index in [0.29, 0.717) is 17.2 Å². The molecule has 1 aromatic rings. The maximum atomic E-state index is 12.0. The molecule has 0 aliphatic carbocycles. The van der Waals surface area contributed by atoms with Crippen LogP contribution in [0, 0.1) is 0 Å². The van der Waals surface area contributed by atoms with Crippen LogP contribution >= 0.6 is 0 Å². The van der Waals surface area contributed by atoms with E-state index in [0.717, 1.165) is 31.4 Å². The van der Waals surface area contributed by atoms with Gasteiger partial charge in [0.2, 0.25) is 5.75 Å². The normalized spacial score (nSPS) is 17.7. The Kier molecular flexibility index (Phi) is 5.89. The van der Waals surface area contributed by atoms with Crippen molar-refractivity contribution in [1.29, 1.82) is 0 Å². The van der Waals surface area contributed by atoms with E-state index in [1.165, 1.54) is 0 Å². The first-order valence-corrected chi connectivity index (χ1v) is 7.38. The second kappa shape index (κ2) is 7.89. The predicted molar refractivity (Wildman–Crippen MR) is 81.5 cm³/mol. The van der Waals surface area contributed by atoms with Crippen molar-refractivity contribution in [3.63, 3.8) is 0 Å². The van der Waals surface area contributed by atoms with E-state index < -0.39 is 0 Å². The smallest absolute Gasteiger partial charge is 0.323 e. The van der Waals surface area contributed by atoms with Crippen LogP contribution in [0.25, 0.3) is 0 Å². The number of piperidine rings is 1. The number of methoxy groups -OCH3 is 3. The van der Waals surface area contributed by atoms with Gasteiger partial charge < -0.3 is 24.3 Å². The highest BCUT2D eigenvalue weighted by Gasteiger charge is 2.22. The van der Waals surface area contributed by atoms with Crippen LogP contribution in [0.1, 0.15) is 24.8 Å². The summed E-state index contributed by atoms with van der Waals surface area (Å²) in [4.78, 5) is 12.0. The standard InChI is InChI=1S/C16H23NO5/c1-19-13-8-11(9-14(20-2)15(13)21-3)10-22-16(18)12-6-4-5-7-17-12/h8-9,12,17H,4-7,10H2,1-3H3. The summed E-state index contributed by atoms with van der Waals surface area (Å²) in [6, 6.07) is 3.36. The molecule has 1 heterocycles. The third-order valence-electron chi connectivity index (χ3n) is 3.70. The Hall–Kier alpha value is -1.95. The van der Waals surface area contributed by atoms with E-state index >= 15 is 0 Å². The van der Waals surface area contributed by atoms with Crippen LogP contribution < -0.4 is 19.5 Å². The van der Waals surface area contributed by atoms with Crippen molar-refractivity contribution in [1.82, 2.24) is 5.32 Å². The second-order valence-corrected chi connectivity index (χ2v) is 5.14. The maximum absolute atomic E-state index is 12.0. The molecule has 0 bridgehead atoms. The van der Waals surface area contributed by atoms with E-state index in [9.17, 15) is 4.79 Å². The lowest BCUT2D eigenvalue weighted by Crippen LogP contribution is -2.41. The van der Waals surface area contributed by atoms with E-state index in [-0.39, 0.29) is 18.6 Å². The molecule has 1 aromatic carbocycles. The summed E-state index contributed by atoms with van der Waals surface area (Å²) in [6.45, 7) is 1.04. The zero-order chi connectivity index (χ0) is 15.9. The van der Waals surface area contributed by atoms with Crippen molar-refractivity contribution >= 4 is 5.97 Å². The molecule has 1 aliphatic heterocycles.